The molecule has 0 saturated carbocycles. The zero-order valence-electron chi connectivity index (χ0n) is 8.45. The number of hydrogen-bond donors (Lipinski definition) is 2. The van der Waals surface area contributed by atoms with Crippen molar-refractivity contribution in [1.82, 2.24) is 15.1 Å². The van der Waals surface area contributed by atoms with Crippen LogP contribution in [0.2, 0.25) is 0 Å². The van der Waals surface area contributed by atoms with Crippen molar-refractivity contribution in [2.45, 2.75) is 19.9 Å². The molecule has 14 heavy (non-hydrogen) atoms. The van der Waals surface area contributed by atoms with Gasteiger partial charge >= 0.3 is 0 Å². The van der Waals surface area contributed by atoms with Gasteiger partial charge in [0.1, 0.15) is 0 Å². The van der Waals surface area contributed by atoms with Crippen LogP contribution in [-0.2, 0) is 18.4 Å². The lowest BCUT2D eigenvalue weighted by atomic mass is 10.2. The zero-order valence-corrected chi connectivity index (χ0v) is 9.34. The molecule has 5 heteroatoms. The van der Waals surface area contributed by atoms with Gasteiger partial charge in [-0.1, -0.05) is 0 Å². The number of rotatable bonds is 4. The van der Waals surface area contributed by atoms with Crippen LogP contribution in [0.3, 0.4) is 0 Å². The zero-order chi connectivity index (χ0) is 10.6. The lowest BCUT2D eigenvalue weighted by molar-refractivity contribution is -0.120. The number of amides is 1. The molecule has 1 heterocycles. The third-order valence-corrected chi connectivity index (χ3v) is 2.15. The third-order valence-electron chi connectivity index (χ3n) is 1.93. The van der Waals surface area contributed by atoms with Gasteiger partial charge in [-0.3, -0.25) is 9.48 Å². The molecule has 1 amide bonds. The largest absolute Gasteiger partial charge is 0.352 e. The van der Waals surface area contributed by atoms with Crippen LogP contribution in [0.4, 0.5) is 0 Å². The molecule has 1 aromatic rings. The first kappa shape index (κ1) is 11.1. The highest BCUT2D eigenvalue weighted by Crippen LogP contribution is 2.03. The summed E-state index contributed by atoms with van der Waals surface area (Å²) >= 11 is 3.99. The Morgan fingerprint density at radius 3 is 2.93 bits per heavy atom. The van der Waals surface area contributed by atoms with E-state index in [0.717, 1.165) is 11.3 Å². The average molecular weight is 213 g/mol. The van der Waals surface area contributed by atoms with Crippen LogP contribution in [0, 0.1) is 6.92 Å². The van der Waals surface area contributed by atoms with E-state index in [1.807, 2.05) is 20.2 Å². The molecule has 0 radical (unpaired) electrons. The quantitative estimate of drug-likeness (QED) is 0.722. The maximum Gasteiger partial charge on any atom is 0.221 e. The van der Waals surface area contributed by atoms with Crippen molar-refractivity contribution >= 4 is 18.5 Å². The van der Waals surface area contributed by atoms with Gasteiger partial charge in [0.15, 0.2) is 0 Å². The number of hydrogen-bond acceptors (Lipinski definition) is 3. The lowest BCUT2D eigenvalue weighted by Gasteiger charge is -2.01. The molecule has 0 aliphatic carbocycles. The Morgan fingerprint density at radius 2 is 2.43 bits per heavy atom. The molecule has 1 rings (SSSR count). The summed E-state index contributed by atoms with van der Waals surface area (Å²) in [6.45, 7) is 2.48. The first-order valence-corrected chi connectivity index (χ1v) is 5.13. The molecular weight excluding hydrogens is 198 g/mol. The fraction of sp³-hybridized carbons (Fsp3) is 0.556. The summed E-state index contributed by atoms with van der Waals surface area (Å²) in [5, 5.41) is 7.00. The lowest BCUT2D eigenvalue weighted by Crippen LogP contribution is -2.22. The van der Waals surface area contributed by atoms with Crippen LogP contribution in [-0.4, -0.2) is 21.4 Å². The molecule has 0 bridgehead atoms. The van der Waals surface area contributed by atoms with E-state index in [-0.39, 0.29) is 5.91 Å². The minimum absolute atomic E-state index is 0.0308. The standard InChI is InChI=1S/C9H15N3OS/c1-7-8(6-12(2)11-7)5-10-9(13)3-4-14/h6,14H,3-5H2,1-2H3,(H,10,13). The van der Waals surface area contributed by atoms with E-state index in [0.29, 0.717) is 18.7 Å². The summed E-state index contributed by atoms with van der Waals surface area (Å²) < 4.78 is 1.75. The molecule has 0 fully saturated rings. The van der Waals surface area contributed by atoms with Crippen molar-refractivity contribution in [3.05, 3.63) is 17.5 Å². The highest BCUT2D eigenvalue weighted by Gasteiger charge is 2.04. The maximum atomic E-state index is 11.1. The van der Waals surface area contributed by atoms with Gasteiger partial charge < -0.3 is 5.32 Å². The van der Waals surface area contributed by atoms with Crippen molar-refractivity contribution in [3.63, 3.8) is 0 Å². The van der Waals surface area contributed by atoms with Gasteiger partial charge in [0.25, 0.3) is 0 Å². The highest BCUT2D eigenvalue weighted by atomic mass is 32.1. The fourth-order valence-corrected chi connectivity index (χ4v) is 1.41. The number of nitrogens with one attached hydrogen (secondary N) is 1. The number of carbonyl (C=O) groups is 1. The van der Waals surface area contributed by atoms with Crippen LogP contribution in [0.1, 0.15) is 17.7 Å². The Balaban J connectivity index is 2.45. The van der Waals surface area contributed by atoms with Crippen molar-refractivity contribution in [2.75, 3.05) is 5.75 Å². The van der Waals surface area contributed by atoms with Crippen LogP contribution in [0.15, 0.2) is 6.20 Å². The van der Waals surface area contributed by atoms with Crippen LogP contribution in [0.5, 0.6) is 0 Å². The van der Waals surface area contributed by atoms with Gasteiger partial charge in [-0.15, -0.1) is 0 Å². The summed E-state index contributed by atoms with van der Waals surface area (Å²) in [5.74, 6) is 0.612. The van der Waals surface area contributed by atoms with Gasteiger partial charge in [0.05, 0.1) is 5.69 Å². The molecule has 0 aliphatic rings. The summed E-state index contributed by atoms with van der Waals surface area (Å²) in [6.07, 6.45) is 2.37. The van der Waals surface area contributed by atoms with E-state index in [4.69, 9.17) is 0 Å². The number of aromatic nitrogens is 2. The number of aryl methyl sites for hydroxylation is 2. The molecule has 0 aliphatic heterocycles. The second kappa shape index (κ2) is 5.05. The van der Waals surface area contributed by atoms with Crippen LogP contribution in [0.25, 0.3) is 0 Å². The van der Waals surface area contributed by atoms with E-state index in [2.05, 4.69) is 23.0 Å². The smallest absolute Gasteiger partial charge is 0.221 e. The second-order valence-corrected chi connectivity index (χ2v) is 3.61. The average Bonchev–Trinajstić information content (AvgIpc) is 2.42. The molecule has 0 atom stereocenters. The molecule has 1 N–H and O–H groups in total. The van der Waals surface area contributed by atoms with Crippen molar-refractivity contribution in [2.24, 2.45) is 7.05 Å². The second-order valence-electron chi connectivity index (χ2n) is 3.16. The normalized spacial score (nSPS) is 10.2. The molecule has 0 spiro atoms. The SMILES string of the molecule is Cc1nn(C)cc1CNC(=O)CCS. The van der Waals surface area contributed by atoms with Gasteiger partial charge in [0.2, 0.25) is 5.91 Å². The predicted molar refractivity (Wildman–Crippen MR) is 58.3 cm³/mol. The molecule has 1 aromatic heterocycles. The van der Waals surface area contributed by atoms with Gasteiger partial charge in [0, 0.05) is 31.8 Å². The van der Waals surface area contributed by atoms with E-state index >= 15 is 0 Å². The molecule has 0 aromatic carbocycles. The molecule has 0 saturated heterocycles. The maximum absolute atomic E-state index is 11.1. The Morgan fingerprint density at radius 1 is 1.71 bits per heavy atom. The Labute approximate surface area is 89.1 Å². The van der Waals surface area contributed by atoms with E-state index < -0.39 is 0 Å². The summed E-state index contributed by atoms with van der Waals surface area (Å²) in [5.41, 5.74) is 2.01. The predicted octanol–water partition coefficient (Wildman–Crippen LogP) is 0.665. The summed E-state index contributed by atoms with van der Waals surface area (Å²) in [4.78, 5) is 11.1. The summed E-state index contributed by atoms with van der Waals surface area (Å²) in [7, 11) is 1.87. The molecule has 0 unspecified atom stereocenters. The van der Waals surface area contributed by atoms with E-state index in [9.17, 15) is 4.79 Å². The first-order chi connectivity index (χ1) is 6.63. The molecule has 4 nitrogen and oxygen atoms in total. The number of carbonyl (C=O) groups excluding carboxylic acids is 1. The van der Waals surface area contributed by atoms with Crippen LogP contribution >= 0.6 is 12.6 Å². The van der Waals surface area contributed by atoms with Crippen molar-refractivity contribution in [1.29, 1.82) is 0 Å². The molecular formula is C9H15N3OS. The minimum Gasteiger partial charge on any atom is -0.352 e. The fourth-order valence-electron chi connectivity index (χ4n) is 1.21. The van der Waals surface area contributed by atoms with Gasteiger partial charge in [-0.05, 0) is 12.7 Å². The minimum atomic E-state index is 0.0308. The monoisotopic (exact) mass is 213 g/mol. The topological polar surface area (TPSA) is 46.9 Å². The van der Waals surface area contributed by atoms with Gasteiger partial charge in [-0.2, -0.15) is 17.7 Å². The van der Waals surface area contributed by atoms with E-state index in [1.165, 1.54) is 0 Å². The highest BCUT2D eigenvalue weighted by molar-refractivity contribution is 7.80. The Hall–Kier alpha value is -0.970. The summed E-state index contributed by atoms with van der Waals surface area (Å²) in [6, 6.07) is 0. The first-order valence-electron chi connectivity index (χ1n) is 4.50. The number of thiol groups is 1. The van der Waals surface area contributed by atoms with Gasteiger partial charge in [-0.25, -0.2) is 0 Å². The third kappa shape index (κ3) is 3.06. The van der Waals surface area contributed by atoms with Crippen LogP contribution < -0.4 is 5.32 Å². The van der Waals surface area contributed by atoms with E-state index in [1.54, 1.807) is 4.68 Å². The van der Waals surface area contributed by atoms with Crippen molar-refractivity contribution < 1.29 is 4.79 Å². The molecule has 78 valence electrons. The van der Waals surface area contributed by atoms with Crippen molar-refractivity contribution in [3.8, 4) is 0 Å². The Bertz CT molecular complexity index is 322. The number of nitrogens with zero attached hydrogens (tertiary/aromatic N) is 2. The Kier molecular flexibility index (Phi) is 4.00.